The van der Waals surface area contributed by atoms with Crippen molar-refractivity contribution in [2.24, 2.45) is 0 Å². The number of esters is 1. The predicted octanol–water partition coefficient (Wildman–Crippen LogP) is 2.59. The average molecular weight is 287 g/mol. The summed E-state index contributed by atoms with van der Waals surface area (Å²) in [5.41, 5.74) is 2.97. The molecule has 21 heavy (non-hydrogen) atoms. The predicted molar refractivity (Wildman–Crippen MR) is 80.0 cm³/mol. The van der Waals surface area contributed by atoms with Crippen molar-refractivity contribution < 1.29 is 9.53 Å². The lowest BCUT2D eigenvalue weighted by Crippen LogP contribution is -2.07. The molecule has 1 aliphatic rings. The van der Waals surface area contributed by atoms with Crippen LogP contribution in [0.25, 0.3) is 0 Å². The van der Waals surface area contributed by atoms with E-state index in [-0.39, 0.29) is 5.97 Å². The van der Waals surface area contributed by atoms with Gasteiger partial charge in [0.1, 0.15) is 11.9 Å². The molecule has 1 aliphatic carbocycles. The number of nitrogens with zero attached hydrogens (tertiary/aromatic N) is 2. The Balaban J connectivity index is 1.78. The van der Waals surface area contributed by atoms with Crippen molar-refractivity contribution in [3.05, 3.63) is 22.9 Å². The Morgan fingerprint density at radius 1 is 1.43 bits per heavy atom. The van der Waals surface area contributed by atoms with Crippen molar-refractivity contribution in [2.75, 3.05) is 19.0 Å². The van der Waals surface area contributed by atoms with Gasteiger partial charge in [-0.1, -0.05) is 6.42 Å². The molecule has 0 unspecified atom stereocenters. The first-order valence-corrected chi connectivity index (χ1v) is 7.48. The summed E-state index contributed by atoms with van der Waals surface area (Å²) in [5.74, 6) is 0.543. The second-order valence-corrected chi connectivity index (χ2v) is 5.27. The van der Waals surface area contributed by atoms with Crippen LogP contribution in [0, 0.1) is 11.3 Å². The Labute approximate surface area is 125 Å². The molecule has 2 rings (SSSR count). The Morgan fingerprint density at radius 2 is 2.29 bits per heavy atom. The number of anilines is 1. The summed E-state index contributed by atoms with van der Waals surface area (Å²) >= 11 is 0. The van der Waals surface area contributed by atoms with E-state index >= 15 is 0 Å². The zero-order valence-electron chi connectivity index (χ0n) is 12.4. The van der Waals surface area contributed by atoms with Gasteiger partial charge in [-0.2, -0.15) is 5.26 Å². The number of carbonyl (C=O) groups is 1. The SMILES string of the molecule is COC(=O)CCCCCNc1nc2c(cc1C#N)CCC2. The summed E-state index contributed by atoms with van der Waals surface area (Å²) in [7, 11) is 1.41. The van der Waals surface area contributed by atoms with Crippen molar-refractivity contribution in [3.63, 3.8) is 0 Å². The van der Waals surface area contributed by atoms with E-state index in [1.165, 1.54) is 12.7 Å². The third-order valence-electron chi connectivity index (χ3n) is 3.75. The van der Waals surface area contributed by atoms with Gasteiger partial charge in [0.05, 0.1) is 12.7 Å². The lowest BCUT2D eigenvalue weighted by atomic mass is 10.1. The maximum absolute atomic E-state index is 11.0. The average Bonchev–Trinajstić information content (AvgIpc) is 2.96. The maximum Gasteiger partial charge on any atom is 0.305 e. The molecular formula is C16H21N3O2. The van der Waals surface area contributed by atoms with Gasteiger partial charge < -0.3 is 10.1 Å². The van der Waals surface area contributed by atoms with Gasteiger partial charge in [-0.25, -0.2) is 4.98 Å². The Hall–Kier alpha value is -2.09. The van der Waals surface area contributed by atoms with Gasteiger partial charge in [-0.15, -0.1) is 0 Å². The number of fused-ring (bicyclic) bond motifs is 1. The number of nitrogens with one attached hydrogen (secondary N) is 1. The van der Waals surface area contributed by atoms with Crippen LogP contribution in [-0.4, -0.2) is 24.6 Å². The summed E-state index contributed by atoms with van der Waals surface area (Å²) in [5, 5.41) is 12.4. The smallest absolute Gasteiger partial charge is 0.305 e. The molecule has 112 valence electrons. The Bertz CT molecular complexity index is 549. The minimum Gasteiger partial charge on any atom is -0.469 e. The summed E-state index contributed by atoms with van der Waals surface area (Å²) in [6.07, 6.45) is 6.37. The lowest BCUT2D eigenvalue weighted by Gasteiger charge is -2.09. The van der Waals surface area contributed by atoms with Crippen LogP contribution in [0.5, 0.6) is 0 Å². The van der Waals surface area contributed by atoms with Crippen molar-refractivity contribution in [2.45, 2.75) is 44.9 Å². The molecule has 5 nitrogen and oxygen atoms in total. The fraction of sp³-hybridized carbons (Fsp3) is 0.562. The molecule has 0 aliphatic heterocycles. The molecule has 1 aromatic rings. The molecule has 0 atom stereocenters. The van der Waals surface area contributed by atoms with Crippen LogP contribution in [-0.2, 0) is 22.4 Å². The first-order chi connectivity index (χ1) is 10.2. The summed E-state index contributed by atoms with van der Waals surface area (Å²) in [4.78, 5) is 15.5. The van der Waals surface area contributed by atoms with E-state index in [9.17, 15) is 10.1 Å². The van der Waals surface area contributed by atoms with Gasteiger partial charge in [-0.05, 0) is 43.7 Å². The number of carbonyl (C=O) groups excluding carboxylic acids is 1. The fourth-order valence-corrected chi connectivity index (χ4v) is 2.57. The molecule has 0 saturated heterocycles. The summed E-state index contributed by atoms with van der Waals surface area (Å²) in [6, 6.07) is 4.18. The van der Waals surface area contributed by atoms with Gasteiger partial charge in [0.2, 0.25) is 0 Å². The van der Waals surface area contributed by atoms with E-state index in [2.05, 4.69) is 21.1 Å². The van der Waals surface area contributed by atoms with E-state index in [1.807, 2.05) is 6.07 Å². The fourth-order valence-electron chi connectivity index (χ4n) is 2.57. The van der Waals surface area contributed by atoms with Crippen molar-refractivity contribution in [3.8, 4) is 6.07 Å². The number of ether oxygens (including phenoxy) is 1. The zero-order chi connectivity index (χ0) is 15.1. The highest BCUT2D eigenvalue weighted by molar-refractivity contribution is 5.68. The lowest BCUT2D eigenvalue weighted by molar-refractivity contribution is -0.140. The van der Waals surface area contributed by atoms with Crippen LogP contribution < -0.4 is 5.32 Å². The summed E-state index contributed by atoms with van der Waals surface area (Å²) in [6.45, 7) is 0.766. The standard InChI is InChI=1S/C16H21N3O2/c1-21-15(20)8-3-2-4-9-18-16-13(11-17)10-12-6-5-7-14(12)19-16/h10H,2-9H2,1H3,(H,18,19). The first kappa shape index (κ1) is 15.3. The van der Waals surface area contributed by atoms with Gasteiger partial charge >= 0.3 is 5.97 Å². The van der Waals surface area contributed by atoms with Gasteiger partial charge in [0.25, 0.3) is 0 Å². The molecule has 0 aromatic carbocycles. The number of unbranched alkanes of at least 4 members (excludes halogenated alkanes) is 2. The van der Waals surface area contributed by atoms with E-state index in [4.69, 9.17) is 0 Å². The second kappa shape index (κ2) is 7.63. The molecule has 1 N–H and O–H groups in total. The molecule has 0 saturated carbocycles. The molecule has 0 bridgehead atoms. The quantitative estimate of drug-likeness (QED) is 0.616. The molecule has 0 fully saturated rings. The minimum absolute atomic E-state index is 0.157. The summed E-state index contributed by atoms with van der Waals surface area (Å²) < 4.78 is 4.60. The second-order valence-electron chi connectivity index (χ2n) is 5.27. The monoisotopic (exact) mass is 287 g/mol. The number of aromatic nitrogens is 1. The number of methoxy groups -OCH3 is 1. The highest BCUT2D eigenvalue weighted by atomic mass is 16.5. The molecular weight excluding hydrogens is 266 g/mol. The van der Waals surface area contributed by atoms with Crippen LogP contribution in [0.2, 0.25) is 0 Å². The van der Waals surface area contributed by atoms with Crippen LogP contribution in [0.1, 0.15) is 48.9 Å². The van der Waals surface area contributed by atoms with E-state index in [0.29, 0.717) is 17.8 Å². The number of nitriles is 1. The van der Waals surface area contributed by atoms with E-state index in [0.717, 1.165) is 50.8 Å². The van der Waals surface area contributed by atoms with E-state index < -0.39 is 0 Å². The molecule has 0 amide bonds. The van der Waals surface area contributed by atoms with Crippen molar-refractivity contribution in [1.82, 2.24) is 4.98 Å². The third-order valence-corrected chi connectivity index (χ3v) is 3.75. The van der Waals surface area contributed by atoms with Crippen molar-refractivity contribution in [1.29, 1.82) is 5.26 Å². The highest BCUT2D eigenvalue weighted by Crippen LogP contribution is 2.24. The molecule has 1 aromatic heterocycles. The topological polar surface area (TPSA) is 75.0 Å². The first-order valence-electron chi connectivity index (χ1n) is 7.48. The van der Waals surface area contributed by atoms with Crippen molar-refractivity contribution >= 4 is 11.8 Å². The van der Waals surface area contributed by atoms with Gasteiger partial charge in [0.15, 0.2) is 0 Å². The maximum atomic E-state index is 11.0. The highest BCUT2D eigenvalue weighted by Gasteiger charge is 2.16. The molecule has 1 heterocycles. The van der Waals surface area contributed by atoms with Crippen LogP contribution >= 0.6 is 0 Å². The van der Waals surface area contributed by atoms with Gasteiger partial charge in [0, 0.05) is 18.7 Å². The Morgan fingerprint density at radius 3 is 3.05 bits per heavy atom. The molecule has 5 heteroatoms. The largest absolute Gasteiger partial charge is 0.469 e. The Kier molecular flexibility index (Phi) is 5.56. The molecule has 0 spiro atoms. The van der Waals surface area contributed by atoms with E-state index in [1.54, 1.807) is 0 Å². The van der Waals surface area contributed by atoms with Crippen LogP contribution in [0.4, 0.5) is 5.82 Å². The molecule has 0 radical (unpaired) electrons. The zero-order valence-corrected chi connectivity index (χ0v) is 12.4. The number of rotatable bonds is 7. The number of hydrogen-bond donors (Lipinski definition) is 1. The third kappa shape index (κ3) is 4.19. The minimum atomic E-state index is -0.157. The van der Waals surface area contributed by atoms with Crippen LogP contribution in [0.15, 0.2) is 6.07 Å². The number of hydrogen-bond acceptors (Lipinski definition) is 5. The van der Waals surface area contributed by atoms with Gasteiger partial charge in [-0.3, -0.25) is 4.79 Å². The normalized spacial score (nSPS) is 12.6. The van der Waals surface area contributed by atoms with Crippen LogP contribution in [0.3, 0.4) is 0 Å². The number of aryl methyl sites for hydroxylation is 2. The number of pyridine rings is 1.